The number of H-pyrrole nitrogens is 1. The molecule has 0 spiro atoms. The van der Waals surface area contributed by atoms with Crippen molar-refractivity contribution in [2.75, 3.05) is 0 Å². The zero-order valence-electron chi connectivity index (χ0n) is 13.5. The molecule has 0 unspecified atom stereocenters. The van der Waals surface area contributed by atoms with Crippen LogP contribution in [0.3, 0.4) is 0 Å². The summed E-state index contributed by atoms with van der Waals surface area (Å²) in [6.07, 6.45) is -7.04. The van der Waals surface area contributed by atoms with Gasteiger partial charge in [0.1, 0.15) is 11.3 Å². The van der Waals surface area contributed by atoms with E-state index in [2.05, 4.69) is 5.10 Å². The Morgan fingerprint density at radius 1 is 1.33 bits per heavy atom. The highest BCUT2D eigenvalue weighted by atomic mass is 35.5. The number of aromatic nitrogens is 2. The lowest BCUT2D eigenvalue weighted by atomic mass is 10.1. The molecule has 11 heteroatoms. The summed E-state index contributed by atoms with van der Waals surface area (Å²) < 4.78 is 79.7. The van der Waals surface area contributed by atoms with E-state index >= 15 is 0 Å². The van der Waals surface area contributed by atoms with Crippen LogP contribution in [0.2, 0.25) is 5.02 Å². The normalized spacial score (nSPS) is 14.7. The zero-order valence-corrected chi connectivity index (χ0v) is 14.2. The van der Waals surface area contributed by atoms with E-state index in [0.717, 1.165) is 17.0 Å². The lowest BCUT2D eigenvalue weighted by Crippen LogP contribution is -2.34. The molecule has 1 fully saturated rings. The third kappa shape index (κ3) is 3.90. The van der Waals surface area contributed by atoms with Gasteiger partial charge in [-0.1, -0.05) is 17.7 Å². The number of amides is 1. The third-order valence-corrected chi connectivity index (χ3v) is 4.53. The second-order valence-corrected chi connectivity index (χ2v) is 6.43. The minimum absolute atomic E-state index is 0.231. The van der Waals surface area contributed by atoms with E-state index in [4.69, 9.17) is 11.6 Å². The Kier molecular flexibility index (Phi) is 5.11. The standard InChI is InChI=1S/C16H12ClF6N3O/c17-10-3-1-2-9(16(21,22)23)8(10)6-26(7-4-5-7)15(27)11-12(13(18)19)24-25-14(11)20/h1-3,7,13H,4-6H2,(H,24,25). The largest absolute Gasteiger partial charge is 0.416 e. The van der Waals surface area contributed by atoms with Crippen LogP contribution >= 0.6 is 11.6 Å². The number of benzene rings is 1. The second kappa shape index (κ2) is 7.06. The van der Waals surface area contributed by atoms with Crippen LogP contribution in [0.25, 0.3) is 0 Å². The number of nitrogens with zero attached hydrogens (tertiary/aromatic N) is 2. The quantitative estimate of drug-likeness (QED) is 0.707. The Labute approximate surface area is 154 Å². The number of hydrogen-bond donors (Lipinski definition) is 1. The fourth-order valence-corrected chi connectivity index (χ4v) is 2.98. The van der Waals surface area contributed by atoms with Gasteiger partial charge in [0.2, 0.25) is 5.95 Å². The van der Waals surface area contributed by atoms with Crippen molar-refractivity contribution in [3.63, 3.8) is 0 Å². The van der Waals surface area contributed by atoms with Gasteiger partial charge in [-0.3, -0.25) is 9.89 Å². The molecule has 0 atom stereocenters. The van der Waals surface area contributed by atoms with Crippen LogP contribution in [-0.2, 0) is 12.7 Å². The molecule has 2 aromatic rings. The van der Waals surface area contributed by atoms with Gasteiger partial charge in [0.05, 0.1) is 5.56 Å². The molecule has 1 aromatic heterocycles. The Balaban J connectivity index is 2.00. The van der Waals surface area contributed by atoms with E-state index < -0.39 is 53.9 Å². The van der Waals surface area contributed by atoms with Gasteiger partial charge in [-0.15, -0.1) is 0 Å². The van der Waals surface area contributed by atoms with Crippen molar-refractivity contribution in [1.29, 1.82) is 0 Å². The smallest absolute Gasteiger partial charge is 0.331 e. The number of hydrogen-bond acceptors (Lipinski definition) is 2. The van der Waals surface area contributed by atoms with Gasteiger partial charge in [0, 0.05) is 23.2 Å². The topological polar surface area (TPSA) is 49.0 Å². The highest BCUT2D eigenvalue weighted by Gasteiger charge is 2.40. The van der Waals surface area contributed by atoms with Crippen molar-refractivity contribution in [2.24, 2.45) is 0 Å². The van der Waals surface area contributed by atoms with Crippen LogP contribution in [-0.4, -0.2) is 27.0 Å². The molecule has 0 radical (unpaired) electrons. The number of alkyl halides is 5. The Bertz CT molecular complexity index is 862. The zero-order chi connectivity index (χ0) is 19.9. The lowest BCUT2D eigenvalue weighted by molar-refractivity contribution is -0.138. The van der Waals surface area contributed by atoms with Crippen LogP contribution < -0.4 is 0 Å². The van der Waals surface area contributed by atoms with Crippen molar-refractivity contribution in [2.45, 2.75) is 38.0 Å². The van der Waals surface area contributed by atoms with Crippen LogP contribution in [0.4, 0.5) is 26.3 Å². The lowest BCUT2D eigenvalue weighted by Gasteiger charge is -2.25. The number of carbonyl (C=O) groups excluding carboxylic acids is 1. The highest BCUT2D eigenvalue weighted by Crippen LogP contribution is 2.38. The Hall–Kier alpha value is -2.23. The third-order valence-electron chi connectivity index (χ3n) is 4.17. The van der Waals surface area contributed by atoms with E-state index in [-0.39, 0.29) is 10.6 Å². The molecular weight excluding hydrogens is 400 g/mol. The fourth-order valence-electron chi connectivity index (χ4n) is 2.75. The molecule has 1 aromatic carbocycles. The SMILES string of the molecule is O=C(c1c(C(F)F)n[nH]c1F)N(Cc1c(Cl)cccc1C(F)(F)F)C1CC1. The first kappa shape index (κ1) is 19.5. The fraction of sp³-hybridized carbons (Fsp3) is 0.375. The number of aromatic amines is 1. The second-order valence-electron chi connectivity index (χ2n) is 6.03. The van der Waals surface area contributed by atoms with Gasteiger partial charge >= 0.3 is 6.18 Å². The van der Waals surface area contributed by atoms with Crippen molar-refractivity contribution >= 4 is 17.5 Å². The molecule has 1 amide bonds. The number of nitrogens with one attached hydrogen (secondary N) is 1. The molecule has 1 aliphatic rings. The summed E-state index contributed by atoms with van der Waals surface area (Å²) in [6, 6.07) is 2.65. The van der Waals surface area contributed by atoms with Gasteiger partial charge in [-0.2, -0.15) is 22.7 Å². The Morgan fingerprint density at radius 3 is 2.56 bits per heavy atom. The van der Waals surface area contributed by atoms with Crippen LogP contribution in [0.15, 0.2) is 18.2 Å². The average molecular weight is 412 g/mol. The monoisotopic (exact) mass is 411 g/mol. The molecule has 1 N–H and O–H groups in total. The summed E-state index contributed by atoms with van der Waals surface area (Å²) in [5.41, 5.74) is -3.49. The molecule has 1 saturated carbocycles. The number of rotatable bonds is 5. The minimum Gasteiger partial charge on any atom is -0.331 e. The first-order chi connectivity index (χ1) is 12.6. The predicted octanol–water partition coefficient (Wildman–Crippen LogP) is 4.96. The molecular formula is C16H12ClF6N3O. The van der Waals surface area contributed by atoms with Gasteiger partial charge in [0.25, 0.3) is 12.3 Å². The van der Waals surface area contributed by atoms with E-state index in [0.29, 0.717) is 12.8 Å². The Morgan fingerprint density at radius 2 is 2.00 bits per heavy atom. The molecule has 0 aliphatic heterocycles. The van der Waals surface area contributed by atoms with E-state index in [1.54, 1.807) is 5.10 Å². The maximum Gasteiger partial charge on any atom is 0.416 e. The first-order valence-electron chi connectivity index (χ1n) is 7.78. The average Bonchev–Trinajstić information content (AvgIpc) is 3.33. The van der Waals surface area contributed by atoms with Crippen molar-refractivity contribution in [3.8, 4) is 0 Å². The molecule has 4 nitrogen and oxygen atoms in total. The van der Waals surface area contributed by atoms with Crippen LogP contribution in [0, 0.1) is 5.95 Å². The summed E-state index contributed by atoms with van der Waals surface area (Å²) in [5, 5.41) is 4.52. The van der Waals surface area contributed by atoms with Gasteiger partial charge in [0.15, 0.2) is 0 Å². The molecule has 3 rings (SSSR count). The molecule has 1 heterocycles. The maximum atomic E-state index is 13.8. The van der Waals surface area contributed by atoms with Crippen molar-refractivity contribution in [3.05, 3.63) is 51.6 Å². The van der Waals surface area contributed by atoms with Crippen LogP contribution in [0.5, 0.6) is 0 Å². The molecule has 1 aliphatic carbocycles. The highest BCUT2D eigenvalue weighted by molar-refractivity contribution is 6.31. The first-order valence-corrected chi connectivity index (χ1v) is 8.16. The molecule has 27 heavy (non-hydrogen) atoms. The van der Waals surface area contributed by atoms with Crippen molar-refractivity contribution in [1.82, 2.24) is 15.1 Å². The minimum atomic E-state index is -4.73. The summed E-state index contributed by atoms with van der Waals surface area (Å²) in [5.74, 6) is -2.52. The van der Waals surface area contributed by atoms with E-state index in [1.165, 1.54) is 6.07 Å². The number of carbonyl (C=O) groups is 1. The van der Waals surface area contributed by atoms with E-state index in [9.17, 15) is 31.1 Å². The van der Waals surface area contributed by atoms with Crippen LogP contribution in [0.1, 0.15) is 46.4 Å². The van der Waals surface area contributed by atoms with Gasteiger partial charge in [-0.25, -0.2) is 8.78 Å². The maximum absolute atomic E-state index is 13.8. The van der Waals surface area contributed by atoms with Gasteiger partial charge in [-0.05, 0) is 25.0 Å². The molecule has 0 saturated heterocycles. The number of halogens is 7. The summed E-state index contributed by atoms with van der Waals surface area (Å²) >= 11 is 5.90. The molecule has 0 bridgehead atoms. The van der Waals surface area contributed by atoms with Gasteiger partial charge < -0.3 is 4.90 Å². The summed E-state index contributed by atoms with van der Waals surface area (Å²) in [7, 11) is 0. The van der Waals surface area contributed by atoms with E-state index in [1.807, 2.05) is 0 Å². The van der Waals surface area contributed by atoms with Crippen molar-refractivity contribution < 1.29 is 31.1 Å². The summed E-state index contributed by atoms with van der Waals surface area (Å²) in [6.45, 7) is -0.592. The summed E-state index contributed by atoms with van der Waals surface area (Å²) in [4.78, 5) is 13.6. The molecule has 146 valence electrons. The predicted molar refractivity (Wildman–Crippen MR) is 82.9 cm³/mol.